The van der Waals surface area contributed by atoms with Crippen molar-refractivity contribution in [2.24, 2.45) is 0 Å². The smallest absolute Gasteiger partial charge is 0.579 e. The molecule has 0 aliphatic heterocycles. The average molecular weight is 239 g/mol. The van der Waals surface area contributed by atoms with Crippen LogP contribution in [0.5, 0.6) is 0 Å². The van der Waals surface area contributed by atoms with Gasteiger partial charge in [-0.25, -0.2) is 0 Å². The molecule has 1 heterocycles. The second-order valence-corrected chi connectivity index (χ2v) is 2.54. The van der Waals surface area contributed by atoms with Crippen LogP contribution in [0.15, 0.2) is 6.20 Å². The predicted molar refractivity (Wildman–Crippen MR) is 47.7 cm³/mol. The Bertz CT molecular complexity index is 194. The summed E-state index contributed by atoms with van der Waals surface area (Å²) < 4.78 is 0. The number of hydrogen-bond donors (Lipinski definition) is 0. The third-order valence-corrected chi connectivity index (χ3v) is 1.44. The van der Waals surface area contributed by atoms with Crippen molar-refractivity contribution in [1.82, 2.24) is 10.2 Å². The Hall–Kier alpha value is 1.02. The summed E-state index contributed by atoms with van der Waals surface area (Å²) in [5.41, 5.74) is 2.32. The van der Waals surface area contributed by atoms with E-state index in [2.05, 4.69) is 24.0 Å². The molecular weight excluding hydrogens is 222 g/mol. The molecule has 0 saturated heterocycles. The van der Waals surface area contributed by atoms with Crippen LogP contribution < -0.4 is 63.3 Å². The molecule has 0 aliphatic rings. The summed E-state index contributed by atoms with van der Waals surface area (Å²) in [5.74, 6) is 0.556. The topological polar surface area (TPSA) is 27.0 Å². The number of rotatable bonds is 1. The molecule has 0 bridgehead atoms. The van der Waals surface area contributed by atoms with Crippen LogP contribution >= 0.6 is 0 Å². The molecule has 0 unspecified atom stereocenters. The molecule has 1 aromatic rings. The normalized spacial score (nSPS) is 8.50. The minimum Gasteiger partial charge on any atom is -0.579 e. The maximum Gasteiger partial charge on any atom is 1.00 e. The Morgan fingerprint density at radius 3 is 2.00 bits per heavy atom. The summed E-state index contributed by atoms with van der Waals surface area (Å²) in [6.45, 7) is 10.3. The second kappa shape index (κ2) is 8.61. The molecule has 0 atom stereocenters. The van der Waals surface area contributed by atoms with Gasteiger partial charge in [0.25, 0.3) is 0 Å². The van der Waals surface area contributed by atoms with Gasteiger partial charge in [0.2, 0.25) is 0 Å². The number of hydrogen-bond acceptors (Lipinski definition) is 1. The van der Waals surface area contributed by atoms with E-state index in [0.29, 0.717) is 5.92 Å². The Morgan fingerprint density at radius 1 is 1.33 bits per heavy atom. The van der Waals surface area contributed by atoms with Crippen molar-refractivity contribution < 1.29 is 58.2 Å². The van der Waals surface area contributed by atoms with Gasteiger partial charge in [0.05, 0.1) is 0 Å². The molecule has 12 heavy (non-hydrogen) atoms. The Morgan fingerprint density at radius 2 is 1.83 bits per heavy atom. The van der Waals surface area contributed by atoms with Gasteiger partial charge in [0.15, 0.2) is 0 Å². The number of aromatic nitrogens is 2. The summed E-state index contributed by atoms with van der Waals surface area (Å²) in [4.78, 5) is 0. The zero-order valence-corrected chi connectivity index (χ0v) is 14.0. The van der Waals surface area contributed by atoms with Gasteiger partial charge < -0.3 is 10.2 Å². The number of nitrogens with zero attached hydrogens (tertiary/aromatic N) is 2. The van der Waals surface area contributed by atoms with Crippen LogP contribution in [0.25, 0.3) is 0 Å². The standard InChI is InChI=1S/C7H11N2.C2H6.Rb/c1-5(2)7-4-8-9-6(7)3;1-2;/h4-5H,1-3H3;1-2H3;/q-1;;+1. The molecule has 1 aromatic heterocycles. The first kappa shape index (κ1) is 15.5. The van der Waals surface area contributed by atoms with E-state index < -0.39 is 0 Å². The van der Waals surface area contributed by atoms with Gasteiger partial charge in [-0.1, -0.05) is 34.6 Å². The summed E-state index contributed by atoms with van der Waals surface area (Å²) in [6, 6.07) is 0. The van der Waals surface area contributed by atoms with Crippen molar-refractivity contribution in [3.63, 3.8) is 0 Å². The van der Waals surface area contributed by atoms with Crippen LogP contribution in [0, 0.1) is 6.92 Å². The van der Waals surface area contributed by atoms with Gasteiger partial charge in [-0.15, -0.1) is 5.69 Å². The monoisotopic (exact) mass is 238 g/mol. The van der Waals surface area contributed by atoms with Crippen molar-refractivity contribution >= 4 is 0 Å². The fourth-order valence-electron chi connectivity index (χ4n) is 0.896. The van der Waals surface area contributed by atoms with Crippen molar-refractivity contribution in [2.45, 2.75) is 40.5 Å². The van der Waals surface area contributed by atoms with Gasteiger partial charge in [-0.2, -0.15) is 0 Å². The molecule has 0 aromatic carbocycles. The zero-order valence-electron chi connectivity index (χ0n) is 9.05. The van der Waals surface area contributed by atoms with Crippen molar-refractivity contribution in [3.8, 4) is 0 Å². The predicted octanol–water partition coefficient (Wildman–Crippen LogP) is -0.499. The Kier molecular flexibility index (Phi) is 11.1. The van der Waals surface area contributed by atoms with E-state index in [1.807, 2.05) is 27.0 Å². The van der Waals surface area contributed by atoms with Crippen LogP contribution in [0.4, 0.5) is 0 Å². The molecule has 0 N–H and O–H groups in total. The molecule has 64 valence electrons. The number of aryl methyl sites for hydroxylation is 1. The summed E-state index contributed by atoms with van der Waals surface area (Å²) in [6.07, 6.45) is 1.83. The first-order valence-electron chi connectivity index (χ1n) is 4.16. The summed E-state index contributed by atoms with van der Waals surface area (Å²) in [5, 5.41) is 7.68. The van der Waals surface area contributed by atoms with Crippen LogP contribution in [-0.2, 0) is 0 Å². The Balaban J connectivity index is 0. The van der Waals surface area contributed by atoms with E-state index >= 15 is 0 Å². The largest absolute Gasteiger partial charge is 1.00 e. The average Bonchev–Trinajstić information content (AvgIpc) is 2.39. The molecule has 2 nitrogen and oxygen atoms in total. The first-order chi connectivity index (χ1) is 5.22. The van der Waals surface area contributed by atoms with E-state index in [9.17, 15) is 0 Å². The van der Waals surface area contributed by atoms with Crippen molar-refractivity contribution in [1.29, 1.82) is 0 Å². The van der Waals surface area contributed by atoms with Gasteiger partial charge in [0.1, 0.15) is 0 Å². The maximum atomic E-state index is 3.89. The second-order valence-electron chi connectivity index (χ2n) is 2.54. The third kappa shape index (κ3) is 4.90. The molecule has 3 heteroatoms. The fraction of sp³-hybridized carbons (Fsp3) is 0.667. The maximum absolute atomic E-state index is 3.89. The molecule has 0 fully saturated rings. The van der Waals surface area contributed by atoms with Crippen LogP contribution in [0.3, 0.4) is 0 Å². The van der Waals surface area contributed by atoms with Gasteiger partial charge in [-0.3, -0.25) is 0 Å². The molecule has 0 aliphatic carbocycles. The minimum absolute atomic E-state index is 0. The summed E-state index contributed by atoms with van der Waals surface area (Å²) in [7, 11) is 0. The SMILES string of the molecule is CC.Cc1[n-]ncc1C(C)C.[Rb+]. The Labute approximate surface area is 124 Å². The van der Waals surface area contributed by atoms with E-state index in [-0.39, 0.29) is 58.2 Å². The molecule has 1 rings (SSSR count). The van der Waals surface area contributed by atoms with Crippen LogP contribution in [-0.4, -0.2) is 5.10 Å². The van der Waals surface area contributed by atoms with E-state index in [1.54, 1.807) is 0 Å². The van der Waals surface area contributed by atoms with E-state index in [1.165, 1.54) is 5.56 Å². The van der Waals surface area contributed by atoms with E-state index in [4.69, 9.17) is 0 Å². The molecule has 0 spiro atoms. The molecule has 0 amide bonds. The third-order valence-electron chi connectivity index (χ3n) is 1.44. The molecular formula is C9H17N2Rb. The minimum atomic E-state index is 0. The van der Waals surface area contributed by atoms with Crippen molar-refractivity contribution in [3.05, 3.63) is 17.5 Å². The quantitative estimate of drug-likeness (QED) is 0.660. The molecule has 0 saturated carbocycles. The van der Waals surface area contributed by atoms with E-state index in [0.717, 1.165) is 5.69 Å². The first-order valence-corrected chi connectivity index (χ1v) is 4.16. The zero-order chi connectivity index (χ0) is 8.85. The van der Waals surface area contributed by atoms with Gasteiger partial charge >= 0.3 is 58.2 Å². The molecule has 0 radical (unpaired) electrons. The fourth-order valence-corrected chi connectivity index (χ4v) is 0.896. The van der Waals surface area contributed by atoms with Crippen molar-refractivity contribution in [2.75, 3.05) is 0 Å². The van der Waals surface area contributed by atoms with Crippen LogP contribution in [0.1, 0.15) is 44.9 Å². The van der Waals surface area contributed by atoms with Gasteiger partial charge in [0, 0.05) is 6.20 Å². The van der Waals surface area contributed by atoms with Crippen LogP contribution in [0.2, 0.25) is 0 Å². The van der Waals surface area contributed by atoms with Gasteiger partial charge in [-0.05, 0) is 11.5 Å². The summed E-state index contributed by atoms with van der Waals surface area (Å²) >= 11 is 0.